The van der Waals surface area contributed by atoms with E-state index in [1.165, 1.54) is 18.2 Å². The Balaban J connectivity index is 2.04. The topological polar surface area (TPSA) is 113 Å². The molecular weight excluding hydrogens is 364 g/mol. The lowest BCUT2D eigenvalue weighted by Crippen LogP contribution is -2.54. The van der Waals surface area contributed by atoms with Gasteiger partial charge < -0.3 is 4.90 Å². The Kier molecular flexibility index (Phi) is 4.90. The van der Waals surface area contributed by atoms with Crippen molar-refractivity contribution < 1.29 is 19.3 Å². The third-order valence-corrected chi connectivity index (χ3v) is 4.11. The van der Waals surface area contributed by atoms with Crippen LogP contribution in [0.3, 0.4) is 0 Å². The number of hydrogen-bond acceptors (Lipinski definition) is 6. The SMILES string of the molecule is CN(C)c1ccc(/C=C2\C(=O)NC(=O)N(c3ccccc3)C2=O)cc1[N+](=O)[O-]. The molecule has 2 aromatic rings. The molecule has 9 heteroatoms. The minimum absolute atomic E-state index is 0.168. The summed E-state index contributed by atoms with van der Waals surface area (Å²) in [5.74, 6) is -1.67. The third kappa shape index (κ3) is 3.45. The number of nitrogens with zero attached hydrogens (tertiary/aromatic N) is 3. The Bertz CT molecular complexity index is 1010. The highest BCUT2D eigenvalue weighted by Gasteiger charge is 2.36. The Morgan fingerprint density at radius 3 is 2.36 bits per heavy atom. The zero-order chi connectivity index (χ0) is 20.4. The van der Waals surface area contributed by atoms with Gasteiger partial charge in [-0.05, 0) is 29.8 Å². The zero-order valence-electron chi connectivity index (χ0n) is 15.1. The first-order valence-corrected chi connectivity index (χ1v) is 8.22. The highest BCUT2D eigenvalue weighted by atomic mass is 16.6. The summed E-state index contributed by atoms with van der Waals surface area (Å²) in [6, 6.07) is 11.6. The van der Waals surface area contributed by atoms with Crippen molar-refractivity contribution in [3.05, 3.63) is 69.8 Å². The molecule has 142 valence electrons. The number of benzene rings is 2. The van der Waals surface area contributed by atoms with E-state index in [2.05, 4.69) is 5.32 Å². The molecule has 28 heavy (non-hydrogen) atoms. The molecule has 0 aliphatic carbocycles. The first kappa shape index (κ1) is 18.8. The van der Waals surface area contributed by atoms with Crippen molar-refractivity contribution in [1.29, 1.82) is 0 Å². The molecule has 1 aliphatic heterocycles. The molecule has 9 nitrogen and oxygen atoms in total. The van der Waals surface area contributed by atoms with Gasteiger partial charge in [-0.2, -0.15) is 0 Å². The minimum atomic E-state index is -0.860. The predicted octanol–water partition coefficient (Wildman–Crippen LogP) is 2.33. The molecule has 0 bridgehead atoms. The Labute approximate surface area is 160 Å². The fourth-order valence-corrected chi connectivity index (χ4v) is 2.79. The molecule has 3 rings (SSSR count). The van der Waals surface area contributed by atoms with E-state index in [0.717, 1.165) is 4.90 Å². The van der Waals surface area contributed by atoms with Crippen LogP contribution in [0.25, 0.3) is 6.08 Å². The van der Waals surface area contributed by atoms with E-state index in [9.17, 15) is 24.5 Å². The van der Waals surface area contributed by atoms with E-state index in [1.807, 2.05) is 0 Å². The Morgan fingerprint density at radius 1 is 1.07 bits per heavy atom. The van der Waals surface area contributed by atoms with Gasteiger partial charge in [-0.25, -0.2) is 9.69 Å². The van der Waals surface area contributed by atoms with Crippen LogP contribution >= 0.6 is 0 Å². The molecule has 2 aromatic carbocycles. The number of amides is 4. The second-order valence-electron chi connectivity index (χ2n) is 6.19. The molecule has 1 saturated heterocycles. The fraction of sp³-hybridized carbons (Fsp3) is 0.105. The molecule has 1 fully saturated rings. The van der Waals surface area contributed by atoms with Crippen LogP contribution in [0.2, 0.25) is 0 Å². The van der Waals surface area contributed by atoms with Crippen LogP contribution in [0.5, 0.6) is 0 Å². The van der Waals surface area contributed by atoms with E-state index in [-0.39, 0.29) is 16.8 Å². The average Bonchev–Trinajstić information content (AvgIpc) is 2.65. The number of nitro groups is 1. The molecule has 1 N–H and O–H groups in total. The van der Waals surface area contributed by atoms with Gasteiger partial charge in [-0.3, -0.25) is 25.0 Å². The second-order valence-corrected chi connectivity index (χ2v) is 6.19. The largest absolute Gasteiger partial charge is 0.372 e. The van der Waals surface area contributed by atoms with E-state index in [4.69, 9.17) is 0 Å². The van der Waals surface area contributed by atoms with E-state index in [1.54, 1.807) is 55.4 Å². The van der Waals surface area contributed by atoms with E-state index in [0.29, 0.717) is 11.4 Å². The molecule has 0 atom stereocenters. The molecule has 0 unspecified atom stereocenters. The summed E-state index contributed by atoms with van der Waals surface area (Å²) in [5.41, 5.74) is 0.512. The van der Waals surface area contributed by atoms with Crippen LogP contribution in [0, 0.1) is 10.1 Å². The van der Waals surface area contributed by atoms with Crippen LogP contribution in [0.15, 0.2) is 54.1 Å². The van der Waals surface area contributed by atoms with Crippen molar-refractivity contribution in [2.45, 2.75) is 0 Å². The summed E-state index contributed by atoms with van der Waals surface area (Å²) < 4.78 is 0. The lowest BCUT2D eigenvalue weighted by Gasteiger charge is -2.26. The van der Waals surface area contributed by atoms with Crippen molar-refractivity contribution in [2.24, 2.45) is 0 Å². The van der Waals surface area contributed by atoms with Crippen molar-refractivity contribution in [1.82, 2.24) is 5.32 Å². The number of anilines is 2. The molecule has 0 spiro atoms. The van der Waals surface area contributed by atoms with Gasteiger partial charge in [-0.15, -0.1) is 0 Å². The van der Waals surface area contributed by atoms with Gasteiger partial charge in [0, 0.05) is 20.2 Å². The molecule has 4 amide bonds. The van der Waals surface area contributed by atoms with E-state index >= 15 is 0 Å². The first-order valence-electron chi connectivity index (χ1n) is 8.22. The summed E-state index contributed by atoms with van der Waals surface area (Å²) in [6.07, 6.45) is 1.23. The number of para-hydroxylation sites is 1. The van der Waals surface area contributed by atoms with Crippen molar-refractivity contribution >= 4 is 41.0 Å². The first-order chi connectivity index (χ1) is 13.3. The van der Waals surface area contributed by atoms with Gasteiger partial charge in [0.15, 0.2) is 0 Å². The Hall–Kier alpha value is -4.01. The molecular formula is C19H16N4O5. The number of imide groups is 2. The maximum absolute atomic E-state index is 12.8. The number of barbiturate groups is 1. The number of nitro benzene ring substituents is 1. The van der Waals surface area contributed by atoms with Crippen molar-refractivity contribution in [2.75, 3.05) is 23.9 Å². The number of rotatable bonds is 4. The average molecular weight is 380 g/mol. The van der Waals surface area contributed by atoms with Gasteiger partial charge in [0.2, 0.25) is 0 Å². The van der Waals surface area contributed by atoms with Crippen molar-refractivity contribution in [3.8, 4) is 0 Å². The normalized spacial score (nSPS) is 15.6. The maximum Gasteiger partial charge on any atom is 0.335 e. The summed E-state index contributed by atoms with van der Waals surface area (Å²) in [5, 5.41) is 13.5. The van der Waals surface area contributed by atoms with Gasteiger partial charge in [0.25, 0.3) is 17.5 Å². The molecule has 0 radical (unpaired) electrons. The Morgan fingerprint density at radius 2 is 1.75 bits per heavy atom. The molecule has 1 aliphatic rings. The molecule has 0 aromatic heterocycles. The quantitative estimate of drug-likeness (QED) is 0.377. The summed E-state index contributed by atoms with van der Waals surface area (Å²) in [4.78, 5) is 50.3. The predicted molar refractivity (Wildman–Crippen MR) is 103 cm³/mol. The lowest BCUT2D eigenvalue weighted by atomic mass is 10.1. The number of carbonyl (C=O) groups is 3. The van der Waals surface area contributed by atoms with E-state index < -0.39 is 22.8 Å². The second kappa shape index (κ2) is 7.31. The van der Waals surface area contributed by atoms with Crippen LogP contribution < -0.4 is 15.1 Å². The maximum atomic E-state index is 12.8. The molecule has 0 saturated carbocycles. The van der Waals surface area contributed by atoms with Crippen LogP contribution in [-0.4, -0.2) is 36.9 Å². The smallest absolute Gasteiger partial charge is 0.335 e. The minimum Gasteiger partial charge on any atom is -0.372 e. The monoisotopic (exact) mass is 380 g/mol. The van der Waals surface area contributed by atoms with Crippen LogP contribution in [-0.2, 0) is 9.59 Å². The standard InChI is InChI=1S/C19H16N4O5/c1-21(2)15-9-8-12(11-16(15)23(27)28)10-14-17(24)20-19(26)22(18(14)25)13-6-4-3-5-7-13/h3-11H,1-2H3,(H,20,24,26)/b14-10+. The number of urea groups is 1. The number of hydrogen-bond donors (Lipinski definition) is 1. The molecule has 1 heterocycles. The van der Waals surface area contributed by atoms with Crippen molar-refractivity contribution in [3.63, 3.8) is 0 Å². The zero-order valence-corrected chi connectivity index (χ0v) is 15.1. The number of carbonyl (C=O) groups excluding carboxylic acids is 3. The fourth-order valence-electron chi connectivity index (χ4n) is 2.79. The summed E-state index contributed by atoms with van der Waals surface area (Å²) in [7, 11) is 3.34. The highest BCUT2D eigenvalue weighted by molar-refractivity contribution is 6.39. The lowest BCUT2D eigenvalue weighted by molar-refractivity contribution is -0.384. The van der Waals surface area contributed by atoms with Gasteiger partial charge in [-0.1, -0.05) is 24.3 Å². The van der Waals surface area contributed by atoms with Gasteiger partial charge in [0.1, 0.15) is 11.3 Å². The van der Waals surface area contributed by atoms with Gasteiger partial charge >= 0.3 is 6.03 Å². The van der Waals surface area contributed by atoms with Crippen LogP contribution in [0.4, 0.5) is 21.9 Å². The highest BCUT2D eigenvalue weighted by Crippen LogP contribution is 2.29. The summed E-state index contributed by atoms with van der Waals surface area (Å²) >= 11 is 0. The third-order valence-electron chi connectivity index (χ3n) is 4.11. The van der Waals surface area contributed by atoms with Gasteiger partial charge in [0.05, 0.1) is 10.6 Å². The number of nitrogens with one attached hydrogen (secondary N) is 1. The van der Waals surface area contributed by atoms with Crippen LogP contribution in [0.1, 0.15) is 5.56 Å². The summed E-state index contributed by atoms with van der Waals surface area (Å²) in [6.45, 7) is 0.